The third kappa shape index (κ3) is 4.75. The maximum atomic E-state index is 10.4. The van der Waals surface area contributed by atoms with Gasteiger partial charge in [-0.3, -0.25) is 4.90 Å². The van der Waals surface area contributed by atoms with Gasteiger partial charge in [0.25, 0.3) is 0 Å². The van der Waals surface area contributed by atoms with Gasteiger partial charge in [0.1, 0.15) is 18.5 Å². The van der Waals surface area contributed by atoms with Crippen molar-refractivity contribution in [3.05, 3.63) is 64.2 Å². The molecule has 0 bridgehead atoms. The van der Waals surface area contributed by atoms with Crippen LogP contribution in [0.4, 0.5) is 0 Å². The molecule has 0 saturated carbocycles. The van der Waals surface area contributed by atoms with Gasteiger partial charge in [0.15, 0.2) is 0 Å². The monoisotopic (exact) mass is 361 g/mol. The Morgan fingerprint density at radius 3 is 2.48 bits per heavy atom. The fourth-order valence-corrected chi connectivity index (χ4v) is 3.39. The minimum Gasteiger partial charge on any atom is -0.490 e. The summed E-state index contributed by atoms with van der Waals surface area (Å²) in [5.41, 5.74) is 6.32. The van der Waals surface area contributed by atoms with Crippen LogP contribution in [0.25, 0.3) is 0 Å². The highest BCUT2D eigenvalue weighted by atomic mass is 35.5. The molecule has 4 heteroatoms. The van der Waals surface area contributed by atoms with E-state index in [9.17, 15) is 5.11 Å². The Labute approximate surface area is 157 Å². The van der Waals surface area contributed by atoms with Gasteiger partial charge in [-0.15, -0.1) is 12.4 Å². The van der Waals surface area contributed by atoms with Crippen LogP contribution < -0.4 is 4.74 Å². The number of aryl methyl sites for hydroxylation is 2. The van der Waals surface area contributed by atoms with Crippen molar-refractivity contribution in [2.75, 3.05) is 19.7 Å². The zero-order valence-electron chi connectivity index (χ0n) is 15.3. The lowest BCUT2D eigenvalue weighted by Crippen LogP contribution is -2.38. The van der Waals surface area contributed by atoms with Crippen LogP contribution in [-0.4, -0.2) is 35.8 Å². The summed E-state index contributed by atoms with van der Waals surface area (Å²) in [6.45, 7) is 9.11. The molecule has 0 aromatic heterocycles. The summed E-state index contributed by atoms with van der Waals surface area (Å²) in [7, 11) is 0. The molecule has 0 fully saturated rings. The molecule has 0 saturated heterocycles. The highest BCUT2D eigenvalue weighted by Crippen LogP contribution is 2.26. The maximum Gasteiger partial charge on any atom is 0.125 e. The van der Waals surface area contributed by atoms with Crippen LogP contribution in [-0.2, 0) is 13.0 Å². The smallest absolute Gasteiger partial charge is 0.125 e. The van der Waals surface area contributed by atoms with E-state index >= 15 is 0 Å². The summed E-state index contributed by atoms with van der Waals surface area (Å²) in [5.74, 6) is 0.915. The number of nitrogens with zero attached hydrogens (tertiary/aromatic N) is 1. The third-order valence-corrected chi connectivity index (χ3v) is 4.97. The molecule has 1 aliphatic rings. The van der Waals surface area contributed by atoms with Crippen molar-refractivity contribution in [1.82, 2.24) is 4.90 Å². The van der Waals surface area contributed by atoms with Gasteiger partial charge in [0.05, 0.1) is 0 Å². The predicted molar refractivity (Wildman–Crippen MR) is 105 cm³/mol. The van der Waals surface area contributed by atoms with E-state index in [1.54, 1.807) is 0 Å². The average Bonchev–Trinajstić information content (AvgIpc) is 2.58. The Hall–Kier alpha value is -1.55. The van der Waals surface area contributed by atoms with Crippen LogP contribution in [0.2, 0.25) is 0 Å². The SMILES string of the molecule is Cc1ccc(C)c(OCC(O)CN2CCc3ccccc3C2)c1C.Cl. The number of ether oxygens (including phenoxy) is 1. The van der Waals surface area contributed by atoms with E-state index in [2.05, 4.69) is 62.1 Å². The summed E-state index contributed by atoms with van der Waals surface area (Å²) in [4.78, 5) is 2.31. The lowest BCUT2D eigenvalue weighted by Gasteiger charge is -2.30. The predicted octanol–water partition coefficient (Wildman–Crippen LogP) is 3.83. The number of halogens is 1. The molecular formula is C21H28ClNO2. The number of β-amino-alcohol motifs (C(OH)–C–C–N with tert-alkyl or cyclic N) is 1. The topological polar surface area (TPSA) is 32.7 Å². The summed E-state index contributed by atoms with van der Waals surface area (Å²) >= 11 is 0. The summed E-state index contributed by atoms with van der Waals surface area (Å²) in [6, 6.07) is 12.8. The van der Waals surface area contributed by atoms with Gasteiger partial charge in [0, 0.05) is 19.6 Å². The van der Waals surface area contributed by atoms with E-state index in [0.29, 0.717) is 13.2 Å². The van der Waals surface area contributed by atoms with E-state index in [1.165, 1.54) is 16.7 Å². The first-order valence-corrected chi connectivity index (χ1v) is 8.71. The fraction of sp³-hybridized carbons (Fsp3) is 0.429. The molecular weight excluding hydrogens is 334 g/mol. The number of hydrogen-bond acceptors (Lipinski definition) is 3. The molecule has 1 aliphatic heterocycles. The number of aliphatic hydroxyl groups is 1. The normalized spacial score (nSPS) is 15.2. The molecule has 3 rings (SSSR count). The van der Waals surface area contributed by atoms with Crippen molar-refractivity contribution in [2.24, 2.45) is 0 Å². The van der Waals surface area contributed by atoms with Gasteiger partial charge >= 0.3 is 0 Å². The van der Waals surface area contributed by atoms with E-state index in [4.69, 9.17) is 4.74 Å². The first-order valence-electron chi connectivity index (χ1n) is 8.71. The second kappa shape index (κ2) is 8.70. The van der Waals surface area contributed by atoms with Crippen molar-refractivity contribution >= 4 is 12.4 Å². The standard InChI is InChI=1S/C21H27NO2.ClH/c1-15-8-9-16(2)21(17(15)3)24-14-20(23)13-22-11-10-18-6-4-5-7-19(18)12-22;/h4-9,20,23H,10-14H2,1-3H3;1H. The first kappa shape index (κ1) is 19.8. The van der Waals surface area contributed by atoms with Crippen LogP contribution in [0.15, 0.2) is 36.4 Å². The van der Waals surface area contributed by atoms with Gasteiger partial charge < -0.3 is 9.84 Å². The Morgan fingerprint density at radius 2 is 1.72 bits per heavy atom. The van der Waals surface area contributed by atoms with Gasteiger partial charge in [0.2, 0.25) is 0 Å². The summed E-state index contributed by atoms with van der Waals surface area (Å²) in [6.07, 6.45) is 0.578. The molecule has 25 heavy (non-hydrogen) atoms. The van der Waals surface area contributed by atoms with Crippen LogP contribution >= 0.6 is 12.4 Å². The second-order valence-electron chi connectivity index (χ2n) is 6.87. The molecule has 1 atom stereocenters. The molecule has 0 amide bonds. The van der Waals surface area contributed by atoms with E-state index in [-0.39, 0.29) is 12.4 Å². The molecule has 3 nitrogen and oxygen atoms in total. The average molecular weight is 362 g/mol. The zero-order valence-corrected chi connectivity index (χ0v) is 16.1. The lowest BCUT2D eigenvalue weighted by atomic mass is 10.00. The van der Waals surface area contributed by atoms with Crippen molar-refractivity contribution in [3.8, 4) is 5.75 Å². The van der Waals surface area contributed by atoms with Gasteiger partial charge in [-0.25, -0.2) is 0 Å². The number of fused-ring (bicyclic) bond motifs is 1. The lowest BCUT2D eigenvalue weighted by molar-refractivity contribution is 0.0633. The van der Waals surface area contributed by atoms with E-state index in [1.807, 2.05) is 0 Å². The van der Waals surface area contributed by atoms with Crippen LogP contribution in [0.5, 0.6) is 5.75 Å². The molecule has 1 unspecified atom stereocenters. The Kier molecular flexibility index (Phi) is 6.88. The van der Waals surface area contributed by atoms with Gasteiger partial charge in [-0.05, 0) is 55.0 Å². The minimum atomic E-state index is -0.477. The van der Waals surface area contributed by atoms with Crippen molar-refractivity contribution < 1.29 is 9.84 Å². The van der Waals surface area contributed by atoms with Crippen molar-refractivity contribution in [3.63, 3.8) is 0 Å². The molecule has 0 spiro atoms. The molecule has 136 valence electrons. The summed E-state index contributed by atoms with van der Waals surface area (Å²) < 4.78 is 5.94. The van der Waals surface area contributed by atoms with E-state index < -0.39 is 6.10 Å². The zero-order chi connectivity index (χ0) is 17.1. The van der Waals surface area contributed by atoms with E-state index in [0.717, 1.165) is 36.4 Å². The number of benzene rings is 2. The Bertz CT molecular complexity index is 717. The van der Waals surface area contributed by atoms with Gasteiger partial charge in [-0.2, -0.15) is 0 Å². The number of aliphatic hydroxyl groups excluding tert-OH is 1. The second-order valence-corrected chi connectivity index (χ2v) is 6.87. The highest BCUT2D eigenvalue weighted by molar-refractivity contribution is 5.85. The maximum absolute atomic E-state index is 10.4. The van der Waals surface area contributed by atoms with Crippen LogP contribution in [0.3, 0.4) is 0 Å². The largest absolute Gasteiger partial charge is 0.490 e. The molecule has 2 aromatic carbocycles. The minimum absolute atomic E-state index is 0. The molecule has 1 N–H and O–H groups in total. The highest BCUT2D eigenvalue weighted by Gasteiger charge is 2.19. The fourth-order valence-electron chi connectivity index (χ4n) is 3.39. The van der Waals surface area contributed by atoms with Crippen molar-refractivity contribution in [1.29, 1.82) is 0 Å². The molecule has 0 radical (unpaired) electrons. The number of hydrogen-bond donors (Lipinski definition) is 1. The molecule has 0 aliphatic carbocycles. The number of rotatable bonds is 5. The quantitative estimate of drug-likeness (QED) is 0.878. The summed E-state index contributed by atoms with van der Waals surface area (Å²) in [5, 5.41) is 10.4. The van der Waals surface area contributed by atoms with Crippen LogP contribution in [0.1, 0.15) is 27.8 Å². The third-order valence-electron chi connectivity index (χ3n) is 4.97. The van der Waals surface area contributed by atoms with Crippen LogP contribution in [0, 0.1) is 20.8 Å². The molecule has 2 aromatic rings. The van der Waals surface area contributed by atoms with Crippen molar-refractivity contribution in [2.45, 2.75) is 39.8 Å². The molecule has 1 heterocycles. The Balaban J connectivity index is 0.00000225. The first-order chi connectivity index (χ1) is 11.5. The van der Waals surface area contributed by atoms with Gasteiger partial charge in [-0.1, -0.05) is 36.4 Å². The Morgan fingerprint density at radius 1 is 1.04 bits per heavy atom.